The van der Waals surface area contributed by atoms with Gasteiger partial charge in [-0.1, -0.05) is 18.6 Å². The number of para-hydroxylation sites is 2. The molecule has 8 nitrogen and oxygen atoms in total. The highest BCUT2D eigenvalue weighted by molar-refractivity contribution is 7.89. The number of amides is 1. The Hall–Kier alpha value is -2.52. The molecule has 1 amide bonds. The quantitative estimate of drug-likeness (QED) is 0.816. The molecule has 2 aliphatic heterocycles. The molecule has 0 bridgehead atoms. The van der Waals surface area contributed by atoms with Crippen LogP contribution in [0.4, 0.5) is 0 Å². The van der Waals surface area contributed by atoms with Gasteiger partial charge in [0.25, 0.3) is 15.9 Å². The molecular formula is C19H22N2O6S. The molecule has 2 aromatic rings. The lowest BCUT2D eigenvalue weighted by atomic mass is 10.2. The number of nitrogens with zero attached hydrogens (tertiary/aromatic N) is 1. The highest BCUT2D eigenvalue weighted by Gasteiger charge is 2.30. The summed E-state index contributed by atoms with van der Waals surface area (Å²) in [7, 11) is -3.70. The molecule has 9 heteroatoms. The lowest BCUT2D eigenvalue weighted by molar-refractivity contribution is 0.0770. The van der Waals surface area contributed by atoms with Gasteiger partial charge in [-0.15, -0.1) is 0 Å². The van der Waals surface area contributed by atoms with Crippen molar-refractivity contribution in [2.45, 2.75) is 30.5 Å². The number of benzene rings is 1. The average Bonchev–Trinajstić information content (AvgIpc) is 3.24. The van der Waals surface area contributed by atoms with E-state index in [9.17, 15) is 13.2 Å². The van der Waals surface area contributed by atoms with E-state index in [1.54, 1.807) is 6.07 Å². The Morgan fingerprint density at radius 2 is 1.82 bits per heavy atom. The van der Waals surface area contributed by atoms with Crippen molar-refractivity contribution in [1.82, 2.24) is 9.62 Å². The zero-order chi connectivity index (χ0) is 19.6. The third kappa shape index (κ3) is 3.85. The summed E-state index contributed by atoms with van der Waals surface area (Å²) in [5, 5.41) is 2.49. The van der Waals surface area contributed by atoms with Crippen molar-refractivity contribution in [1.29, 1.82) is 0 Å². The summed E-state index contributed by atoms with van der Waals surface area (Å²) in [6.45, 7) is 1.47. The number of carbonyl (C=O) groups is 1. The highest BCUT2D eigenvalue weighted by Crippen LogP contribution is 2.30. The van der Waals surface area contributed by atoms with Crippen LogP contribution in [0.2, 0.25) is 0 Å². The Bertz CT molecular complexity index is 949. The number of hydrogen-bond acceptors (Lipinski definition) is 6. The molecule has 1 saturated heterocycles. The van der Waals surface area contributed by atoms with Crippen molar-refractivity contribution >= 4 is 15.9 Å². The van der Waals surface area contributed by atoms with Crippen molar-refractivity contribution in [3.05, 3.63) is 42.2 Å². The first kappa shape index (κ1) is 18.8. The standard InChI is InChI=1S/C19H22N2O6S/c22-19(20-12-14-13-25-15-6-2-3-7-16(15)26-14)17-8-9-18(27-17)28(23,24)21-10-4-1-5-11-21/h2-3,6-9,14H,1,4-5,10-13H2,(H,20,22)/t14-/m0/s1. The van der Waals surface area contributed by atoms with Crippen LogP contribution in [-0.4, -0.2) is 51.0 Å². The van der Waals surface area contributed by atoms with Crippen molar-refractivity contribution in [2.24, 2.45) is 0 Å². The van der Waals surface area contributed by atoms with E-state index in [2.05, 4.69) is 5.32 Å². The summed E-state index contributed by atoms with van der Waals surface area (Å²) in [4.78, 5) is 12.3. The molecule has 4 rings (SSSR count). The number of sulfonamides is 1. The molecule has 1 aromatic carbocycles. The summed E-state index contributed by atoms with van der Waals surface area (Å²) in [6, 6.07) is 10.0. The molecule has 0 spiro atoms. The molecular weight excluding hydrogens is 384 g/mol. The van der Waals surface area contributed by atoms with Gasteiger partial charge in [-0.25, -0.2) is 8.42 Å². The zero-order valence-corrected chi connectivity index (χ0v) is 16.1. The van der Waals surface area contributed by atoms with E-state index in [1.165, 1.54) is 16.4 Å². The lowest BCUT2D eigenvalue weighted by Gasteiger charge is -2.26. The smallest absolute Gasteiger partial charge is 0.287 e. The first-order valence-corrected chi connectivity index (χ1v) is 10.7. The number of piperidine rings is 1. The highest BCUT2D eigenvalue weighted by atomic mass is 32.2. The van der Waals surface area contributed by atoms with Gasteiger partial charge in [0.1, 0.15) is 12.7 Å². The van der Waals surface area contributed by atoms with Crippen LogP contribution in [0.25, 0.3) is 0 Å². The minimum Gasteiger partial charge on any atom is -0.486 e. The minimum atomic E-state index is -3.70. The number of carbonyl (C=O) groups excluding carboxylic acids is 1. The molecule has 0 saturated carbocycles. The van der Waals surface area contributed by atoms with Gasteiger partial charge in [0.05, 0.1) is 6.54 Å². The van der Waals surface area contributed by atoms with Gasteiger partial charge in [-0.2, -0.15) is 4.31 Å². The van der Waals surface area contributed by atoms with E-state index < -0.39 is 15.9 Å². The summed E-state index contributed by atoms with van der Waals surface area (Å²) in [5.41, 5.74) is 0. The molecule has 1 atom stereocenters. The number of furan rings is 1. The second-order valence-electron chi connectivity index (χ2n) is 6.79. The van der Waals surface area contributed by atoms with Gasteiger partial charge in [0.2, 0.25) is 5.09 Å². The monoisotopic (exact) mass is 406 g/mol. The Morgan fingerprint density at radius 1 is 1.07 bits per heavy atom. The maximum Gasteiger partial charge on any atom is 0.287 e. The van der Waals surface area contributed by atoms with Crippen molar-refractivity contribution in [2.75, 3.05) is 26.2 Å². The van der Waals surface area contributed by atoms with Crippen LogP contribution in [0.3, 0.4) is 0 Å². The van der Waals surface area contributed by atoms with Crippen LogP contribution in [0.1, 0.15) is 29.8 Å². The van der Waals surface area contributed by atoms with E-state index >= 15 is 0 Å². The first-order chi connectivity index (χ1) is 13.5. The lowest BCUT2D eigenvalue weighted by Crippen LogP contribution is -2.40. The Balaban J connectivity index is 1.36. The predicted octanol–water partition coefficient (Wildman–Crippen LogP) is 2.02. The molecule has 1 N–H and O–H groups in total. The third-order valence-corrected chi connectivity index (χ3v) is 6.55. The zero-order valence-electron chi connectivity index (χ0n) is 15.3. The summed E-state index contributed by atoms with van der Waals surface area (Å²) in [5.74, 6) is 0.750. The molecule has 1 aromatic heterocycles. The maximum absolute atomic E-state index is 12.6. The normalized spacial score (nSPS) is 19.9. The van der Waals surface area contributed by atoms with E-state index in [4.69, 9.17) is 13.9 Å². The fourth-order valence-corrected chi connectivity index (χ4v) is 4.70. The van der Waals surface area contributed by atoms with Crippen LogP contribution >= 0.6 is 0 Å². The largest absolute Gasteiger partial charge is 0.486 e. The van der Waals surface area contributed by atoms with Crippen LogP contribution in [0.15, 0.2) is 45.9 Å². The molecule has 2 aliphatic rings. The fourth-order valence-electron chi connectivity index (χ4n) is 3.27. The van der Waals surface area contributed by atoms with Crippen LogP contribution in [-0.2, 0) is 10.0 Å². The van der Waals surface area contributed by atoms with E-state index in [1.807, 2.05) is 18.2 Å². The molecule has 1 fully saturated rings. The molecule has 150 valence electrons. The summed E-state index contributed by atoms with van der Waals surface area (Å²) < 4.78 is 43.4. The summed E-state index contributed by atoms with van der Waals surface area (Å²) >= 11 is 0. The van der Waals surface area contributed by atoms with Gasteiger partial charge >= 0.3 is 0 Å². The van der Waals surface area contributed by atoms with Crippen LogP contribution in [0, 0.1) is 0 Å². The summed E-state index contributed by atoms with van der Waals surface area (Å²) in [6.07, 6.45) is 2.35. The Morgan fingerprint density at radius 3 is 2.61 bits per heavy atom. The maximum atomic E-state index is 12.6. The third-order valence-electron chi connectivity index (χ3n) is 4.77. The van der Waals surface area contributed by atoms with E-state index in [0.29, 0.717) is 31.2 Å². The molecule has 0 unspecified atom stereocenters. The molecule has 28 heavy (non-hydrogen) atoms. The van der Waals surface area contributed by atoms with Crippen molar-refractivity contribution in [3.8, 4) is 11.5 Å². The number of hydrogen-bond donors (Lipinski definition) is 1. The second-order valence-corrected chi connectivity index (χ2v) is 8.66. The van der Waals surface area contributed by atoms with Gasteiger partial charge in [-0.3, -0.25) is 4.79 Å². The number of fused-ring (bicyclic) bond motifs is 1. The number of ether oxygens (including phenoxy) is 2. The Kier molecular flexibility index (Phi) is 5.27. The SMILES string of the molecule is O=C(NC[C@H]1COc2ccccc2O1)c1ccc(S(=O)(=O)N2CCCCC2)o1. The van der Waals surface area contributed by atoms with Crippen LogP contribution < -0.4 is 14.8 Å². The number of nitrogens with one attached hydrogen (secondary N) is 1. The molecule has 0 aliphatic carbocycles. The number of rotatable bonds is 5. The van der Waals surface area contributed by atoms with Crippen LogP contribution in [0.5, 0.6) is 11.5 Å². The van der Waals surface area contributed by atoms with Gasteiger partial charge in [-0.05, 0) is 37.1 Å². The fraction of sp³-hybridized carbons (Fsp3) is 0.421. The molecule has 3 heterocycles. The molecule has 0 radical (unpaired) electrons. The van der Waals surface area contributed by atoms with E-state index in [0.717, 1.165) is 19.3 Å². The van der Waals surface area contributed by atoms with Crippen molar-refractivity contribution in [3.63, 3.8) is 0 Å². The predicted molar refractivity (Wildman–Crippen MR) is 100 cm³/mol. The van der Waals surface area contributed by atoms with Gasteiger partial charge in [0, 0.05) is 13.1 Å². The van der Waals surface area contributed by atoms with Gasteiger partial charge < -0.3 is 19.2 Å². The van der Waals surface area contributed by atoms with Gasteiger partial charge in [0.15, 0.2) is 17.3 Å². The van der Waals surface area contributed by atoms with Crippen molar-refractivity contribution < 1.29 is 27.1 Å². The average molecular weight is 406 g/mol. The van der Waals surface area contributed by atoms with E-state index in [-0.39, 0.29) is 23.5 Å². The Labute approximate surface area is 163 Å². The minimum absolute atomic E-state index is 0.0484. The second kappa shape index (κ2) is 7.84. The topological polar surface area (TPSA) is 98.1 Å². The first-order valence-electron chi connectivity index (χ1n) is 9.31.